The number of nitrogens with zero attached hydrogens (tertiary/aromatic N) is 1. The van der Waals surface area contributed by atoms with Crippen LogP contribution < -0.4 is 5.32 Å². The van der Waals surface area contributed by atoms with Gasteiger partial charge in [-0.2, -0.15) is 0 Å². The Labute approximate surface area is 118 Å². The molecule has 19 heavy (non-hydrogen) atoms. The minimum atomic E-state index is -0.265. The molecule has 0 aliphatic carbocycles. The van der Waals surface area contributed by atoms with E-state index in [1.165, 1.54) is 0 Å². The van der Waals surface area contributed by atoms with Crippen LogP contribution in [-0.2, 0) is 6.54 Å². The molecule has 0 fully saturated rings. The van der Waals surface area contributed by atoms with Crippen LogP contribution >= 0.6 is 11.3 Å². The van der Waals surface area contributed by atoms with E-state index >= 15 is 0 Å². The molecule has 0 saturated heterocycles. The normalized spacial score (nSPS) is 14.3. The predicted octanol–water partition coefficient (Wildman–Crippen LogP) is 3.06. The highest BCUT2D eigenvalue weighted by atomic mass is 32.1. The van der Waals surface area contributed by atoms with Crippen molar-refractivity contribution in [2.45, 2.75) is 39.0 Å². The standard InChI is InChI=1S/C15H20N2OS/c1-11(8-12(2)18)16-9-15-17-14(10-19-15)13-6-4-3-5-7-13/h3-7,10-12,16,18H,8-9H2,1-2H3. The lowest BCUT2D eigenvalue weighted by molar-refractivity contribution is 0.170. The zero-order valence-corrected chi connectivity index (χ0v) is 12.2. The summed E-state index contributed by atoms with van der Waals surface area (Å²) < 4.78 is 0. The van der Waals surface area contributed by atoms with Crippen molar-refractivity contribution in [1.29, 1.82) is 0 Å². The molecule has 102 valence electrons. The minimum Gasteiger partial charge on any atom is -0.393 e. The first-order valence-electron chi connectivity index (χ1n) is 6.56. The average molecular weight is 276 g/mol. The molecule has 0 aliphatic rings. The fourth-order valence-electron chi connectivity index (χ4n) is 1.99. The van der Waals surface area contributed by atoms with Gasteiger partial charge in [-0.1, -0.05) is 30.3 Å². The van der Waals surface area contributed by atoms with E-state index in [0.717, 1.165) is 29.2 Å². The van der Waals surface area contributed by atoms with Crippen LogP contribution in [0.15, 0.2) is 35.7 Å². The van der Waals surface area contributed by atoms with E-state index in [1.54, 1.807) is 11.3 Å². The van der Waals surface area contributed by atoms with Gasteiger partial charge < -0.3 is 10.4 Å². The van der Waals surface area contributed by atoms with Gasteiger partial charge in [-0.05, 0) is 20.3 Å². The van der Waals surface area contributed by atoms with Gasteiger partial charge in [0.1, 0.15) is 5.01 Å². The van der Waals surface area contributed by atoms with Gasteiger partial charge in [-0.15, -0.1) is 11.3 Å². The van der Waals surface area contributed by atoms with Crippen molar-refractivity contribution in [2.24, 2.45) is 0 Å². The van der Waals surface area contributed by atoms with Crippen molar-refractivity contribution in [2.75, 3.05) is 0 Å². The Hall–Kier alpha value is -1.23. The zero-order valence-electron chi connectivity index (χ0n) is 11.3. The Balaban J connectivity index is 1.91. The van der Waals surface area contributed by atoms with Crippen LogP contribution in [0.2, 0.25) is 0 Å². The molecule has 1 aromatic heterocycles. The molecular weight excluding hydrogens is 256 g/mol. The van der Waals surface area contributed by atoms with Crippen LogP contribution in [0.1, 0.15) is 25.3 Å². The van der Waals surface area contributed by atoms with Gasteiger partial charge in [-0.25, -0.2) is 4.98 Å². The van der Waals surface area contributed by atoms with Crippen molar-refractivity contribution in [3.05, 3.63) is 40.7 Å². The number of aromatic nitrogens is 1. The molecule has 0 saturated carbocycles. The van der Waals surface area contributed by atoms with E-state index in [-0.39, 0.29) is 6.10 Å². The number of nitrogens with one attached hydrogen (secondary N) is 1. The molecule has 0 bridgehead atoms. The summed E-state index contributed by atoms with van der Waals surface area (Å²) in [5, 5.41) is 15.9. The number of hydrogen-bond acceptors (Lipinski definition) is 4. The summed E-state index contributed by atoms with van der Waals surface area (Å²) in [6, 6.07) is 10.5. The lowest BCUT2D eigenvalue weighted by Crippen LogP contribution is -2.28. The molecule has 1 aromatic carbocycles. The third-order valence-corrected chi connectivity index (χ3v) is 3.77. The smallest absolute Gasteiger partial charge is 0.107 e. The lowest BCUT2D eigenvalue weighted by atomic mass is 10.1. The second-order valence-electron chi connectivity index (χ2n) is 4.86. The van der Waals surface area contributed by atoms with Crippen LogP contribution in [0.5, 0.6) is 0 Å². The van der Waals surface area contributed by atoms with Gasteiger partial charge in [0.2, 0.25) is 0 Å². The minimum absolute atomic E-state index is 0.265. The molecule has 2 rings (SSSR count). The maximum Gasteiger partial charge on any atom is 0.107 e. The molecule has 1 heterocycles. The summed E-state index contributed by atoms with van der Waals surface area (Å²) >= 11 is 1.67. The largest absolute Gasteiger partial charge is 0.393 e. The Morgan fingerprint density at radius 1 is 1.26 bits per heavy atom. The first-order valence-corrected chi connectivity index (χ1v) is 7.44. The van der Waals surface area contributed by atoms with Gasteiger partial charge in [0.25, 0.3) is 0 Å². The fraction of sp³-hybridized carbons (Fsp3) is 0.400. The van der Waals surface area contributed by atoms with E-state index < -0.39 is 0 Å². The number of rotatable bonds is 6. The molecule has 0 aliphatic heterocycles. The van der Waals surface area contributed by atoms with Crippen molar-refractivity contribution in [3.8, 4) is 11.3 Å². The molecule has 2 aromatic rings. The third kappa shape index (κ3) is 4.42. The topological polar surface area (TPSA) is 45.1 Å². The summed E-state index contributed by atoms with van der Waals surface area (Å²) in [5.41, 5.74) is 2.19. The van der Waals surface area contributed by atoms with Gasteiger partial charge in [0.05, 0.1) is 11.8 Å². The van der Waals surface area contributed by atoms with Crippen molar-refractivity contribution >= 4 is 11.3 Å². The average Bonchev–Trinajstić information content (AvgIpc) is 2.85. The Morgan fingerprint density at radius 3 is 2.68 bits per heavy atom. The van der Waals surface area contributed by atoms with Gasteiger partial charge in [0.15, 0.2) is 0 Å². The first kappa shape index (κ1) is 14.2. The highest BCUT2D eigenvalue weighted by Crippen LogP contribution is 2.21. The van der Waals surface area contributed by atoms with Crippen LogP contribution in [0.3, 0.4) is 0 Å². The highest BCUT2D eigenvalue weighted by Gasteiger charge is 2.08. The number of hydrogen-bond donors (Lipinski definition) is 2. The van der Waals surface area contributed by atoms with Gasteiger partial charge in [0, 0.05) is 23.5 Å². The van der Waals surface area contributed by atoms with E-state index in [1.807, 2.05) is 25.1 Å². The molecule has 0 spiro atoms. The summed E-state index contributed by atoms with van der Waals surface area (Å²) in [6.45, 7) is 4.65. The van der Waals surface area contributed by atoms with E-state index in [9.17, 15) is 5.11 Å². The van der Waals surface area contributed by atoms with Gasteiger partial charge >= 0.3 is 0 Å². The van der Waals surface area contributed by atoms with Crippen molar-refractivity contribution in [3.63, 3.8) is 0 Å². The summed E-state index contributed by atoms with van der Waals surface area (Å²) in [7, 11) is 0. The van der Waals surface area contributed by atoms with Gasteiger partial charge in [-0.3, -0.25) is 0 Å². The lowest BCUT2D eigenvalue weighted by Gasteiger charge is -2.14. The SMILES string of the molecule is CC(O)CC(C)NCc1nc(-c2ccccc2)cs1. The molecule has 0 amide bonds. The quantitative estimate of drug-likeness (QED) is 0.852. The number of aliphatic hydroxyl groups is 1. The molecule has 2 N–H and O–H groups in total. The Morgan fingerprint density at radius 2 is 2.00 bits per heavy atom. The van der Waals surface area contributed by atoms with E-state index in [2.05, 4.69) is 34.7 Å². The van der Waals surface area contributed by atoms with Crippen LogP contribution in [0.4, 0.5) is 0 Å². The number of benzene rings is 1. The summed E-state index contributed by atoms with van der Waals surface area (Å²) in [4.78, 5) is 4.63. The molecule has 0 radical (unpaired) electrons. The Bertz CT molecular complexity index is 496. The summed E-state index contributed by atoms with van der Waals surface area (Å²) in [5.74, 6) is 0. The Kier molecular flexibility index (Phi) is 5.07. The second-order valence-corrected chi connectivity index (χ2v) is 5.80. The second kappa shape index (κ2) is 6.80. The molecule has 4 heteroatoms. The maximum absolute atomic E-state index is 9.32. The number of thiazole rings is 1. The van der Waals surface area contributed by atoms with Crippen LogP contribution in [0.25, 0.3) is 11.3 Å². The zero-order chi connectivity index (χ0) is 13.7. The highest BCUT2D eigenvalue weighted by molar-refractivity contribution is 7.09. The van der Waals surface area contributed by atoms with E-state index in [4.69, 9.17) is 0 Å². The number of aliphatic hydroxyl groups excluding tert-OH is 1. The molecular formula is C15H20N2OS. The van der Waals surface area contributed by atoms with Crippen molar-refractivity contribution < 1.29 is 5.11 Å². The molecule has 2 unspecified atom stereocenters. The van der Waals surface area contributed by atoms with Crippen LogP contribution in [-0.4, -0.2) is 22.2 Å². The summed E-state index contributed by atoms with van der Waals surface area (Å²) in [6.07, 6.45) is 0.496. The fourth-order valence-corrected chi connectivity index (χ4v) is 2.74. The predicted molar refractivity (Wildman–Crippen MR) is 80.1 cm³/mol. The third-order valence-electron chi connectivity index (χ3n) is 2.92. The molecule has 2 atom stereocenters. The first-order chi connectivity index (χ1) is 9.15. The van der Waals surface area contributed by atoms with Crippen molar-refractivity contribution in [1.82, 2.24) is 10.3 Å². The maximum atomic E-state index is 9.32. The van der Waals surface area contributed by atoms with Crippen LogP contribution in [0, 0.1) is 0 Å². The van der Waals surface area contributed by atoms with E-state index in [0.29, 0.717) is 6.04 Å². The monoisotopic (exact) mass is 276 g/mol. The molecule has 3 nitrogen and oxygen atoms in total.